The molecule has 1 heterocycles. The Hall–Kier alpha value is -2.30. The van der Waals surface area contributed by atoms with Crippen LogP contribution in [0.5, 0.6) is 5.75 Å². The fourth-order valence-corrected chi connectivity index (χ4v) is 1.63. The maximum Gasteiger partial charge on any atom is 0.356 e. The number of esters is 1. The smallest absolute Gasteiger partial charge is 0.356 e. The van der Waals surface area contributed by atoms with E-state index in [4.69, 9.17) is 4.74 Å². The molecule has 0 amide bonds. The average Bonchev–Trinajstić information content (AvgIpc) is 2.82. The van der Waals surface area contributed by atoms with Crippen LogP contribution in [0.2, 0.25) is 0 Å². The van der Waals surface area contributed by atoms with Gasteiger partial charge in [0.05, 0.1) is 12.3 Å². The molecular weight excluding hydrogens is 232 g/mol. The Kier molecular flexibility index (Phi) is 3.32. The maximum atomic E-state index is 11.5. The number of nitrogens with one attached hydrogen (secondary N) is 1. The first kappa shape index (κ1) is 12.2. The van der Waals surface area contributed by atoms with Crippen LogP contribution in [-0.4, -0.2) is 27.9 Å². The first-order chi connectivity index (χ1) is 8.61. The Morgan fingerprint density at radius 2 is 2.22 bits per heavy atom. The van der Waals surface area contributed by atoms with Crippen LogP contribution in [0.25, 0.3) is 11.3 Å². The van der Waals surface area contributed by atoms with E-state index in [0.717, 1.165) is 5.56 Å². The topological polar surface area (TPSA) is 75.2 Å². The molecule has 2 aromatic rings. The van der Waals surface area contributed by atoms with Gasteiger partial charge < -0.3 is 9.84 Å². The highest BCUT2D eigenvalue weighted by Crippen LogP contribution is 2.28. The molecule has 0 spiro atoms. The van der Waals surface area contributed by atoms with Crippen molar-refractivity contribution in [2.45, 2.75) is 13.8 Å². The number of nitrogens with zero attached hydrogens (tertiary/aromatic N) is 1. The number of aromatic nitrogens is 2. The molecule has 18 heavy (non-hydrogen) atoms. The molecule has 0 aliphatic rings. The van der Waals surface area contributed by atoms with E-state index in [-0.39, 0.29) is 11.4 Å². The van der Waals surface area contributed by atoms with Crippen LogP contribution in [0.15, 0.2) is 24.3 Å². The number of carbonyl (C=O) groups is 1. The van der Waals surface area contributed by atoms with Gasteiger partial charge in [-0.15, -0.1) is 0 Å². The number of benzene rings is 1. The van der Waals surface area contributed by atoms with Gasteiger partial charge >= 0.3 is 5.97 Å². The SMILES string of the molecule is CCOC(=O)c1cc(-c2cc(C)ccc2O)n[nH]1. The zero-order chi connectivity index (χ0) is 13.1. The Bertz CT molecular complexity index is 575. The van der Waals surface area contributed by atoms with Crippen molar-refractivity contribution in [3.8, 4) is 17.0 Å². The highest BCUT2D eigenvalue weighted by molar-refractivity contribution is 5.89. The number of hydrogen-bond donors (Lipinski definition) is 2. The summed E-state index contributed by atoms with van der Waals surface area (Å²) >= 11 is 0. The van der Waals surface area contributed by atoms with Crippen molar-refractivity contribution < 1.29 is 14.6 Å². The van der Waals surface area contributed by atoms with Crippen molar-refractivity contribution in [2.24, 2.45) is 0 Å². The second kappa shape index (κ2) is 4.91. The minimum Gasteiger partial charge on any atom is -0.507 e. The molecule has 5 heteroatoms. The highest BCUT2D eigenvalue weighted by Gasteiger charge is 2.13. The molecule has 0 atom stereocenters. The number of phenolic OH excluding ortho intramolecular Hbond substituents is 1. The molecule has 0 aliphatic heterocycles. The van der Waals surface area contributed by atoms with E-state index in [0.29, 0.717) is 17.9 Å². The van der Waals surface area contributed by atoms with Crippen LogP contribution in [0.4, 0.5) is 0 Å². The summed E-state index contributed by atoms with van der Waals surface area (Å²) in [5.74, 6) is -0.328. The van der Waals surface area contributed by atoms with Crippen molar-refractivity contribution in [1.29, 1.82) is 0 Å². The van der Waals surface area contributed by atoms with Crippen molar-refractivity contribution in [1.82, 2.24) is 10.2 Å². The predicted octanol–water partition coefficient (Wildman–Crippen LogP) is 2.27. The largest absolute Gasteiger partial charge is 0.507 e. The summed E-state index contributed by atoms with van der Waals surface area (Å²) in [7, 11) is 0. The van der Waals surface area contributed by atoms with Gasteiger partial charge in [-0.1, -0.05) is 11.6 Å². The Morgan fingerprint density at radius 3 is 2.94 bits per heavy atom. The third kappa shape index (κ3) is 2.34. The van der Waals surface area contributed by atoms with E-state index < -0.39 is 5.97 Å². The molecule has 0 radical (unpaired) electrons. The Balaban J connectivity index is 2.35. The molecule has 94 valence electrons. The maximum absolute atomic E-state index is 11.5. The third-order valence-electron chi connectivity index (χ3n) is 2.50. The molecule has 2 N–H and O–H groups in total. The monoisotopic (exact) mass is 246 g/mol. The number of H-pyrrole nitrogens is 1. The Labute approximate surface area is 104 Å². The second-order valence-electron chi connectivity index (χ2n) is 3.91. The van der Waals surface area contributed by atoms with Crippen LogP contribution >= 0.6 is 0 Å². The predicted molar refractivity (Wildman–Crippen MR) is 66.4 cm³/mol. The number of phenols is 1. The molecule has 1 aromatic carbocycles. The first-order valence-electron chi connectivity index (χ1n) is 5.64. The molecule has 2 rings (SSSR count). The van der Waals surface area contributed by atoms with Crippen molar-refractivity contribution in [2.75, 3.05) is 6.61 Å². The lowest BCUT2D eigenvalue weighted by molar-refractivity contribution is 0.0519. The summed E-state index contributed by atoms with van der Waals surface area (Å²) in [6.07, 6.45) is 0. The third-order valence-corrected chi connectivity index (χ3v) is 2.50. The van der Waals surface area contributed by atoms with Crippen LogP contribution in [0.1, 0.15) is 23.0 Å². The van der Waals surface area contributed by atoms with Gasteiger partial charge in [0.1, 0.15) is 11.4 Å². The zero-order valence-corrected chi connectivity index (χ0v) is 10.2. The summed E-state index contributed by atoms with van der Waals surface area (Å²) in [5.41, 5.74) is 2.37. The normalized spacial score (nSPS) is 10.3. The van der Waals surface area contributed by atoms with Crippen molar-refractivity contribution in [3.05, 3.63) is 35.5 Å². The average molecular weight is 246 g/mol. The van der Waals surface area contributed by atoms with Gasteiger partial charge in [-0.25, -0.2) is 4.79 Å². The second-order valence-corrected chi connectivity index (χ2v) is 3.91. The fraction of sp³-hybridized carbons (Fsp3) is 0.231. The van der Waals surface area contributed by atoms with Crippen molar-refractivity contribution in [3.63, 3.8) is 0 Å². The summed E-state index contributed by atoms with van der Waals surface area (Å²) in [6, 6.07) is 6.77. The van der Waals surface area contributed by atoms with E-state index in [1.54, 1.807) is 31.2 Å². The van der Waals surface area contributed by atoms with Gasteiger partial charge in [0, 0.05) is 5.56 Å². The molecule has 0 saturated carbocycles. The van der Waals surface area contributed by atoms with Gasteiger partial charge in [0.25, 0.3) is 0 Å². The lowest BCUT2D eigenvalue weighted by Gasteiger charge is -2.01. The number of aromatic hydroxyl groups is 1. The van der Waals surface area contributed by atoms with Crippen LogP contribution < -0.4 is 0 Å². The molecule has 0 aliphatic carbocycles. The van der Waals surface area contributed by atoms with E-state index >= 15 is 0 Å². The molecule has 1 aromatic heterocycles. The van der Waals surface area contributed by atoms with E-state index in [1.807, 2.05) is 6.92 Å². The standard InChI is InChI=1S/C13H14N2O3/c1-3-18-13(17)11-7-10(14-15-11)9-6-8(2)4-5-12(9)16/h4-7,16H,3H2,1-2H3,(H,14,15). The summed E-state index contributed by atoms with van der Waals surface area (Å²) in [5, 5.41) is 16.4. The first-order valence-corrected chi connectivity index (χ1v) is 5.64. The summed E-state index contributed by atoms with van der Waals surface area (Å²) < 4.78 is 4.86. The van der Waals surface area contributed by atoms with Gasteiger partial charge in [-0.2, -0.15) is 5.10 Å². The summed E-state index contributed by atoms with van der Waals surface area (Å²) in [6.45, 7) is 3.96. The van der Waals surface area contributed by atoms with E-state index in [2.05, 4.69) is 10.2 Å². The molecule has 0 unspecified atom stereocenters. The number of ether oxygens (including phenoxy) is 1. The molecule has 0 saturated heterocycles. The number of rotatable bonds is 3. The van der Waals surface area contributed by atoms with Gasteiger partial charge in [-0.05, 0) is 32.0 Å². The van der Waals surface area contributed by atoms with E-state index in [9.17, 15) is 9.90 Å². The van der Waals surface area contributed by atoms with Gasteiger partial charge in [0.2, 0.25) is 0 Å². The lowest BCUT2D eigenvalue weighted by atomic mass is 10.1. The summed E-state index contributed by atoms with van der Waals surface area (Å²) in [4.78, 5) is 11.5. The van der Waals surface area contributed by atoms with Crippen LogP contribution in [0, 0.1) is 6.92 Å². The zero-order valence-electron chi connectivity index (χ0n) is 10.2. The van der Waals surface area contributed by atoms with E-state index in [1.165, 1.54) is 0 Å². The van der Waals surface area contributed by atoms with Crippen LogP contribution in [-0.2, 0) is 4.74 Å². The molecule has 0 bridgehead atoms. The lowest BCUT2D eigenvalue weighted by Crippen LogP contribution is -2.04. The number of aryl methyl sites for hydroxylation is 1. The fourth-order valence-electron chi connectivity index (χ4n) is 1.63. The number of hydrogen-bond acceptors (Lipinski definition) is 4. The highest BCUT2D eigenvalue weighted by atomic mass is 16.5. The Morgan fingerprint density at radius 1 is 1.44 bits per heavy atom. The minimum atomic E-state index is -0.455. The molecule has 5 nitrogen and oxygen atoms in total. The van der Waals surface area contributed by atoms with Crippen molar-refractivity contribution >= 4 is 5.97 Å². The van der Waals surface area contributed by atoms with Gasteiger partial charge in [-0.3, -0.25) is 5.10 Å². The number of carbonyl (C=O) groups excluding carboxylic acids is 1. The molecule has 0 fully saturated rings. The minimum absolute atomic E-state index is 0.127. The van der Waals surface area contributed by atoms with Crippen LogP contribution in [0.3, 0.4) is 0 Å². The quantitative estimate of drug-likeness (QED) is 0.814. The molecular formula is C13H14N2O3. The number of aromatic amines is 1. The van der Waals surface area contributed by atoms with Gasteiger partial charge in [0.15, 0.2) is 0 Å².